The minimum Gasteiger partial charge on any atom is -0.497 e. The average molecular weight is 449 g/mol. The smallest absolute Gasteiger partial charge is 0.145 e. The van der Waals surface area contributed by atoms with Crippen molar-refractivity contribution in [2.75, 3.05) is 26.8 Å². The van der Waals surface area contributed by atoms with E-state index in [1.54, 1.807) is 7.11 Å². The van der Waals surface area contributed by atoms with Gasteiger partial charge < -0.3 is 19.4 Å². The summed E-state index contributed by atoms with van der Waals surface area (Å²) in [7, 11) is 1.61. The van der Waals surface area contributed by atoms with Crippen LogP contribution in [0.1, 0.15) is 31.4 Å². The second kappa shape index (κ2) is 11.4. The van der Waals surface area contributed by atoms with Gasteiger partial charge >= 0.3 is 0 Å². The highest BCUT2D eigenvalue weighted by atomic mass is 19.1. The molecule has 1 aliphatic rings. The van der Waals surface area contributed by atoms with Crippen LogP contribution in [0.15, 0.2) is 47.6 Å². The van der Waals surface area contributed by atoms with Crippen molar-refractivity contribution in [3.05, 3.63) is 65.2 Å². The molecule has 0 unspecified atom stereocenters. The van der Waals surface area contributed by atoms with Crippen LogP contribution in [0, 0.1) is 11.6 Å². The average Bonchev–Trinajstić information content (AvgIpc) is 3.22. The summed E-state index contributed by atoms with van der Waals surface area (Å²) < 4.78 is 38.2. The molecule has 2 aromatic rings. The topological polar surface area (TPSA) is 63.5 Å². The molecule has 0 saturated carbocycles. The van der Waals surface area contributed by atoms with Crippen LogP contribution in [-0.2, 0) is 16.1 Å². The maximum Gasteiger partial charge on any atom is 0.145 e. The van der Waals surface area contributed by atoms with Gasteiger partial charge in [-0.2, -0.15) is 0 Å². The third-order valence-electron chi connectivity index (χ3n) is 5.12. The Kier molecular flexibility index (Phi) is 8.55. The number of hydrogen-bond donors (Lipinski definition) is 1. The lowest BCUT2D eigenvalue weighted by atomic mass is 10.0. The molecule has 2 aromatic carbocycles. The van der Waals surface area contributed by atoms with Crippen LogP contribution in [0.5, 0.6) is 5.75 Å². The predicted octanol–water partition coefficient (Wildman–Crippen LogP) is 3.75. The summed E-state index contributed by atoms with van der Waals surface area (Å²) in [6.07, 6.45) is -0.447. The highest BCUT2D eigenvalue weighted by molar-refractivity contribution is 6.01. The van der Waals surface area contributed by atoms with Crippen molar-refractivity contribution < 1.29 is 28.2 Å². The van der Waals surface area contributed by atoms with E-state index in [9.17, 15) is 13.9 Å². The van der Waals surface area contributed by atoms with Crippen LogP contribution in [0.25, 0.3) is 0 Å². The van der Waals surface area contributed by atoms with Gasteiger partial charge in [-0.25, -0.2) is 8.78 Å². The molecule has 0 aliphatic carbocycles. The number of benzene rings is 2. The molecule has 0 bridgehead atoms. The van der Waals surface area contributed by atoms with Crippen LogP contribution >= 0.6 is 0 Å². The van der Waals surface area contributed by atoms with Gasteiger partial charge in [0, 0.05) is 37.7 Å². The van der Waals surface area contributed by atoms with Crippen molar-refractivity contribution in [1.82, 2.24) is 4.90 Å². The molecular weight excluding hydrogens is 418 g/mol. The lowest BCUT2D eigenvalue weighted by Gasteiger charge is -2.27. The Morgan fingerprint density at radius 1 is 1.19 bits per heavy atom. The summed E-state index contributed by atoms with van der Waals surface area (Å²) in [5.74, 6) is -0.486. The van der Waals surface area contributed by atoms with E-state index < -0.39 is 17.7 Å². The van der Waals surface area contributed by atoms with Crippen LogP contribution in [-0.4, -0.2) is 60.8 Å². The van der Waals surface area contributed by atoms with Crippen molar-refractivity contribution >= 4 is 5.71 Å². The normalized spacial score (nSPS) is 16.9. The number of ether oxygens (including phenoxy) is 2. The molecule has 0 aromatic heterocycles. The van der Waals surface area contributed by atoms with Gasteiger partial charge in [0.1, 0.15) is 23.5 Å². The van der Waals surface area contributed by atoms with E-state index in [0.29, 0.717) is 18.5 Å². The van der Waals surface area contributed by atoms with Gasteiger partial charge in [0.2, 0.25) is 0 Å². The number of aliphatic hydroxyl groups is 1. The lowest BCUT2D eigenvalue weighted by molar-refractivity contribution is -0.0196. The lowest BCUT2D eigenvalue weighted by Crippen LogP contribution is -2.39. The number of nitrogens with zero attached hydrogens (tertiary/aromatic N) is 2. The zero-order chi connectivity index (χ0) is 23.1. The van der Waals surface area contributed by atoms with E-state index in [-0.39, 0.29) is 31.9 Å². The first-order valence-electron chi connectivity index (χ1n) is 10.7. The molecule has 3 rings (SSSR count). The van der Waals surface area contributed by atoms with E-state index >= 15 is 0 Å². The van der Waals surface area contributed by atoms with Gasteiger partial charge in [-0.3, -0.25) is 4.90 Å². The fraction of sp³-hybridized carbons (Fsp3) is 0.458. The first-order chi connectivity index (χ1) is 15.3. The highest BCUT2D eigenvalue weighted by Crippen LogP contribution is 2.21. The summed E-state index contributed by atoms with van der Waals surface area (Å²) in [4.78, 5) is 7.50. The Bertz CT molecular complexity index is 905. The van der Waals surface area contributed by atoms with Crippen molar-refractivity contribution in [3.63, 3.8) is 0 Å². The fourth-order valence-electron chi connectivity index (χ4n) is 3.52. The predicted molar refractivity (Wildman–Crippen MR) is 118 cm³/mol. The van der Waals surface area contributed by atoms with E-state index in [1.165, 1.54) is 12.1 Å². The summed E-state index contributed by atoms with van der Waals surface area (Å²) in [5, 5.41) is 14.6. The summed E-state index contributed by atoms with van der Waals surface area (Å²) in [5.41, 5.74) is 2.10. The molecule has 0 amide bonds. The van der Waals surface area contributed by atoms with Gasteiger partial charge in [-0.1, -0.05) is 11.2 Å². The van der Waals surface area contributed by atoms with Crippen molar-refractivity contribution in [3.8, 4) is 5.75 Å². The van der Waals surface area contributed by atoms with Crippen LogP contribution in [0.3, 0.4) is 0 Å². The standard InChI is InChI=1S/C24H30F2N2O4/c1-16(2)31-15-20(29)13-28(12-18-4-7-19(25)10-23(18)26)14-22-11-24(27-32-22)17-5-8-21(30-3)9-6-17/h4-10,16,20,22,29H,11-15H2,1-3H3/t20-,22+/m0/s1. The number of aliphatic hydroxyl groups excluding tert-OH is 1. The van der Waals surface area contributed by atoms with Crippen molar-refractivity contribution in [2.45, 2.75) is 45.1 Å². The van der Waals surface area contributed by atoms with Crippen molar-refractivity contribution in [1.29, 1.82) is 0 Å². The zero-order valence-electron chi connectivity index (χ0n) is 18.6. The summed E-state index contributed by atoms with van der Waals surface area (Å²) >= 11 is 0. The van der Waals surface area contributed by atoms with Crippen LogP contribution < -0.4 is 4.74 Å². The largest absolute Gasteiger partial charge is 0.497 e. The summed E-state index contributed by atoms with van der Waals surface area (Å²) in [6.45, 7) is 4.81. The molecule has 6 nitrogen and oxygen atoms in total. The minimum absolute atomic E-state index is 0.00809. The molecular formula is C24H30F2N2O4. The Labute approximate surface area is 187 Å². The third kappa shape index (κ3) is 6.98. The number of methoxy groups -OCH3 is 1. The first-order valence-corrected chi connectivity index (χ1v) is 10.7. The number of oxime groups is 1. The van der Waals surface area contributed by atoms with E-state index in [2.05, 4.69) is 5.16 Å². The molecule has 32 heavy (non-hydrogen) atoms. The monoisotopic (exact) mass is 448 g/mol. The molecule has 8 heteroatoms. The molecule has 2 atom stereocenters. The maximum absolute atomic E-state index is 14.2. The molecule has 174 valence electrons. The first kappa shape index (κ1) is 24.1. The Morgan fingerprint density at radius 3 is 2.59 bits per heavy atom. The van der Waals surface area contributed by atoms with Gasteiger partial charge in [-0.05, 0) is 49.7 Å². The molecule has 1 N–H and O–H groups in total. The molecule has 1 heterocycles. The SMILES string of the molecule is COc1ccc(C2=NO[C@@H](CN(Cc3ccc(F)cc3F)C[C@H](O)COC(C)C)C2)cc1. The summed E-state index contributed by atoms with van der Waals surface area (Å²) in [6, 6.07) is 11.1. The number of hydrogen-bond acceptors (Lipinski definition) is 6. The Balaban J connectivity index is 1.64. The van der Waals surface area contributed by atoms with E-state index in [4.69, 9.17) is 14.3 Å². The third-order valence-corrected chi connectivity index (χ3v) is 5.12. The van der Waals surface area contributed by atoms with Gasteiger partial charge in [-0.15, -0.1) is 0 Å². The number of rotatable bonds is 11. The molecule has 0 fully saturated rings. The second-order valence-corrected chi connectivity index (χ2v) is 8.16. The molecule has 0 radical (unpaired) electrons. The Morgan fingerprint density at radius 2 is 1.94 bits per heavy atom. The minimum atomic E-state index is -0.760. The second-order valence-electron chi connectivity index (χ2n) is 8.16. The zero-order valence-corrected chi connectivity index (χ0v) is 18.6. The Hall–Kier alpha value is -2.55. The highest BCUT2D eigenvalue weighted by Gasteiger charge is 2.26. The molecule has 1 aliphatic heterocycles. The molecule has 0 spiro atoms. The van der Waals surface area contributed by atoms with Gasteiger partial charge in [0.05, 0.1) is 31.6 Å². The van der Waals surface area contributed by atoms with Gasteiger partial charge in [0.25, 0.3) is 0 Å². The quantitative estimate of drug-likeness (QED) is 0.567. The number of halogens is 2. The van der Waals surface area contributed by atoms with E-state index in [0.717, 1.165) is 23.1 Å². The van der Waals surface area contributed by atoms with Crippen LogP contribution in [0.2, 0.25) is 0 Å². The molecule has 0 saturated heterocycles. The van der Waals surface area contributed by atoms with E-state index in [1.807, 2.05) is 43.0 Å². The maximum atomic E-state index is 14.2. The fourth-order valence-corrected chi connectivity index (χ4v) is 3.52. The van der Waals surface area contributed by atoms with Crippen LogP contribution in [0.4, 0.5) is 8.78 Å². The van der Waals surface area contributed by atoms with Crippen molar-refractivity contribution in [2.24, 2.45) is 5.16 Å². The van der Waals surface area contributed by atoms with Gasteiger partial charge in [0.15, 0.2) is 0 Å².